The third-order valence-corrected chi connectivity index (χ3v) is 2.74. The van der Waals surface area contributed by atoms with Gasteiger partial charge in [-0.15, -0.1) is 0 Å². The lowest BCUT2D eigenvalue weighted by molar-refractivity contribution is -0.260. The number of hydrogen-bond acceptors (Lipinski definition) is 7. The summed E-state index contributed by atoms with van der Waals surface area (Å²) in [5, 5.41) is -5.96. The fourth-order valence-electron chi connectivity index (χ4n) is 0.870. The van der Waals surface area contributed by atoms with E-state index in [2.05, 4.69) is 16.1 Å². The van der Waals surface area contributed by atoms with Crippen molar-refractivity contribution in [2.45, 2.75) is 24.5 Å². The third kappa shape index (κ3) is 5.22. The van der Waals surface area contributed by atoms with E-state index < -0.39 is 46.2 Å². The van der Waals surface area contributed by atoms with Crippen LogP contribution in [0.1, 0.15) is 6.92 Å². The van der Waals surface area contributed by atoms with Gasteiger partial charge in [0.15, 0.2) is 16.7 Å². The van der Waals surface area contributed by atoms with Crippen molar-refractivity contribution in [3.05, 3.63) is 12.2 Å². The average Bonchev–Trinajstić information content (AvgIpc) is 2.29. The van der Waals surface area contributed by atoms with Crippen molar-refractivity contribution >= 4 is 22.1 Å². The number of halogens is 5. The minimum absolute atomic E-state index is 0.257. The maximum atomic E-state index is 13.0. The van der Waals surface area contributed by atoms with E-state index in [0.717, 1.165) is 6.92 Å². The molecule has 0 aromatic carbocycles. The summed E-state index contributed by atoms with van der Waals surface area (Å²) in [4.78, 5) is 21.8. The SMILES string of the molecule is C=C(C)C(=O)OCC(=O)OC(C(F)(F)F)C(F)(F)S(=O)(=O)[O-]. The summed E-state index contributed by atoms with van der Waals surface area (Å²) in [6.07, 6.45) is -10.6. The first-order valence-corrected chi connectivity index (χ1v) is 6.43. The van der Waals surface area contributed by atoms with Crippen molar-refractivity contribution in [2.75, 3.05) is 6.61 Å². The van der Waals surface area contributed by atoms with Crippen LogP contribution < -0.4 is 0 Å². The molecule has 0 bridgehead atoms. The van der Waals surface area contributed by atoms with Crippen LogP contribution in [-0.2, 0) is 29.2 Å². The number of esters is 2. The highest BCUT2D eigenvalue weighted by Crippen LogP contribution is 2.37. The predicted octanol–water partition coefficient (Wildman–Crippen LogP) is 0.718. The summed E-state index contributed by atoms with van der Waals surface area (Å²) < 4.78 is 101. The minimum atomic E-state index is -6.78. The van der Waals surface area contributed by atoms with Crippen LogP contribution in [0.5, 0.6) is 0 Å². The third-order valence-electron chi connectivity index (χ3n) is 1.85. The lowest BCUT2D eigenvalue weighted by atomic mass is 10.3. The minimum Gasteiger partial charge on any atom is -0.743 e. The highest BCUT2D eigenvalue weighted by Gasteiger charge is 2.62. The molecular formula is C9H8F5O7S-. The van der Waals surface area contributed by atoms with Crippen LogP contribution in [-0.4, -0.2) is 49.1 Å². The van der Waals surface area contributed by atoms with Gasteiger partial charge in [0.25, 0.3) is 6.10 Å². The molecule has 0 N–H and O–H groups in total. The monoisotopic (exact) mass is 355 g/mol. The van der Waals surface area contributed by atoms with Crippen LogP contribution in [0.4, 0.5) is 22.0 Å². The first kappa shape index (κ1) is 20.2. The maximum absolute atomic E-state index is 13.0. The molecule has 0 rings (SSSR count). The lowest BCUT2D eigenvalue weighted by Crippen LogP contribution is -2.52. The molecule has 0 aliphatic heterocycles. The van der Waals surface area contributed by atoms with E-state index in [-0.39, 0.29) is 5.57 Å². The largest absolute Gasteiger partial charge is 0.743 e. The molecule has 0 saturated carbocycles. The Morgan fingerprint density at radius 2 is 1.68 bits per heavy atom. The zero-order chi connectivity index (χ0) is 17.9. The molecule has 0 radical (unpaired) electrons. The van der Waals surface area contributed by atoms with E-state index >= 15 is 0 Å². The van der Waals surface area contributed by atoms with Gasteiger partial charge in [0.1, 0.15) is 0 Å². The zero-order valence-corrected chi connectivity index (χ0v) is 11.5. The number of alkyl halides is 5. The second-order valence-electron chi connectivity index (χ2n) is 3.78. The molecule has 0 fully saturated rings. The second kappa shape index (κ2) is 6.56. The summed E-state index contributed by atoms with van der Waals surface area (Å²) >= 11 is 0. The fourth-order valence-corrected chi connectivity index (χ4v) is 1.31. The molecule has 13 heteroatoms. The number of hydrogen-bond donors (Lipinski definition) is 0. The lowest BCUT2D eigenvalue weighted by Gasteiger charge is -2.29. The zero-order valence-electron chi connectivity index (χ0n) is 10.6. The highest BCUT2D eigenvalue weighted by atomic mass is 32.2. The summed E-state index contributed by atoms with van der Waals surface area (Å²) in [7, 11) is -6.78. The first-order valence-electron chi connectivity index (χ1n) is 5.02. The smallest absolute Gasteiger partial charge is 0.432 e. The van der Waals surface area contributed by atoms with E-state index in [1.165, 1.54) is 0 Å². The summed E-state index contributed by atoms with van der Waals surface area (Å²) in [6, 6.07) is 0. The van der Waals surface area contributed by atoms with Crippen molar-refractivity contribution in [1.82, 2.24) is 0 Å². The molecule has 0 amide bonds. The Balaban J connectivity index is 5.17. The van der Waals surface area contributed by atoms with E-state index in [0.29, 0.717) is 0 Å². The van der Waals surface area contributed by atoms with Crippen LogP contribution in [0.3, 0.4) is 0 Å². The van der Waals surface area contributed by atoms with Crippen molar-refractivity contribution in [3.8, 4) is 0 Å². The van der Waals surface area contributed by atoms with Gasteiger partial charge in [0.05, 0.1) is 0 Å². The summed E-state index contributed by atoms with van der Waals surface area (Å²) in [5.74, 6) is -3.37. The Bertz CT molecular complexity index is 565. The molecule has 1 atom stereocenters. The molecular weight excluding hydrogens is 347 g/mol. The Labute approximate surface area is 120 Å². The van der Waals surface area contributed by atoms with Crippen molar-refractivity contribution < 1.29 is 54.0 Å². The van der Waals surface area contributed by atoms with E-state index in [1.807, 2.05) is 0 Å². The molecule has 0 aromatic heterocycles. The molecule has 7 nitrogen and oxygen atoms in total. The van der Waals surface area contributed by atoms with E-state index in [9.17, 15) is 44.5 Å². The van der Waals surface area contributed by atoms with Gasteiger partial charge in [-0.25, -0.2) is 18.0 Å². The number of ether oxygens (including phenoxy) is 2. The Hall–Kier alpha value is -1.76. The molecule has 0 aromatic rings. The van der Waals surface area contributed by atoms with Gasteiger partial charge in [-0.1, -0.05) is 6.58 Å². The van der Waals surface area contributed by atoms with Gasteiger partial charge in [-0.3, -0.25) is 0 Å². The van der Waals surface area contributed by atoms with Crippen LogP contribution in [0.15, 0.2) is 12.2 Å². The number of rotatable bonds is 6. The van der Waals surface area contributed by atoms with Gasteiger partial charge in [0, 0.05) is 5.57 Å². The molecule has 0 heterocycles. The molecule has 0 saturated heterocycles. The molecule has 0 spiro atoms. The van der Waals surface area contributed by atoms with Crippen LogP contribution in [0.2, 0.25) is 0 Å². The molecule has 128 valence electrons. The summed E-state index contributed by atoms with van der Waals surface area (Å²) in [5.41, 5.74) is -0.257. The summed E-state index contributed by atoms with van der Waals surface area (Å²) in [6.45, 7) is 2.65. The Morgan fingerprint density at radius 1 is 1.23 bits per heavy atom. The van der Waals surface area contributed by atoms with Crippen molar-refractivity contribution in [3.63, 3.8) is 0 Å². The molecule has 1 unspecified atom stereocenters. The standard InChI is InChI=1S/C9H9F5O7S/c1-4(2)6(16)20-3-5(15)21-7(8(10,11)12)9(13,14)22(17,18)19/h7H,1,3H2,2H3,(H,17,18,19)/p-1. The molecule has 22 heavy (non-hydrogen) atoms. The predicted molar refractivity (Wildman–Crippen MR) is 56.4 cm³/mol. The van der Waals surface area contributed by atoms with Gasteiger partial charge in [-0.05, 0) is 6.92 Å². The van der Waals surface area contributed by atoms with Gasteiger partial charge in [-0.2, -0.15) is 22.0 Å². The topological polar surface area (TPSA) is 110 Å². The molecule has 0 aliphatic rings. The number of carbonyl (C=O) groups excluding carboxylic acids is 2. The van der Waals surface area contributed by atoms with Gasteiger partial charge < -0.3 is 14.0 Å². The van der Waals surface area contributed by atoms with Gasteiger partial charge in [0.2, 0.25) is 0 Å². The first-order chi connectivity index (χ1) is 9.60. The van der Waals surface area contributed by atoms with Crippen LogP contribution in [0.25, 0.3) is 0 Å². The fraction of sp³-hybridized carbons (Fsp3) is 0.556. The van der Waals surface area contributed by atoms with Crippen LogP contribution >= 0.6 is 0 Å². The van der Waals surface area contributed by atoms with E-state index in [1.54, 1.807) is 0 Å². The highest BCUT2D eigenvalue weighted by molar-refractivity contribution is 7.86. The maximum Gasteiger partial charge on any atom is 0.432 e. The van der Waals surface area contributed by atoms with Crippen molar-refractivity contribution in [1.29, 1.82) is 0 Å². The Morgan fingerprint density at radius 3 is 2.00 bits per heavy atom. The van der Waals surface area contributed by atoms with E-state index in [4.69, 9.17) is 0 Å². The molecule has 0 aliphatic carbocycles. The van der Waals surface area contributed by atoms with Crippen molar-refractivity contribution in [2.24, 2.45) is 0 Å². The van der Waals surface area contributed by atoms with Crippen LogP contribution in [0, 0.1) is 0 Å². The average molecular weight is 355 g/mol. The van der Waals surface area contributed by atoms with Gasteiger partial charge >= 0.3 is 23.4 Å². The second-order valence-corrected chi connectivity index (χ2v) is 5.24. The number of carbonyl (C=O) groups is 2. The Kier molecular flexibility index (Phi) is 6.03. The normalized spacial score (nSPS) is 14.1. The quantitative estimate of drug-likeness (QED) is 0.299.